The van der Waals surface area contributed by atoms with Crippen LogP contribution in [0, 0.1) is 0 Å². The molecule has 2 aromatic rings. The molecule has 5 heteroatoms. The molecule has 0 aliphatic heterocycles. The van der Waals surface area contributed by atoms with Crippen LogP contribution in [0.5, 0.6) is 0 Å². The Morgan fingerprint density at radius 3 is 1.60 bits per heavy atom. The number of carbonyl (C=O) groups excluding carboxylic acids is 2. The first-order valence-electron chi connectivity index (χ1n) is 10.7. The van der Waals surface area contributed by atoms with Crippen molar-refractivity contribution in [1.29, 1.82) is 0 Å². The normalized spacial score (nSPS) is 11.1. The molecule has 0 aromatic heterocycles. The van der Waals surface area contributed by atoms with Gasteiger partial charge in [-0.3, -0.25) is 14.5 Å². The summed E-state index contributed by atoms with van der Waals surface area (Å²) in [7, 11) is 3.48. The lowest BCUT2D eigenvalue weighted by Crippen LogP contribution is -2.31. The van der Waals surface area contributed by atoms with Gasteiger partial charge in [-0.15, -0.1) is 0 Å². The van der Waals surface area contributed by atoms with Crippen molar-refractivity contribution in [1.82, 2.24) is 14.7 Å². The van der Waals surface area contributed by atoms with E-state index in [4.69, 9.17) is 0 Å². The molecule has 2 aromatic carbocycles. The van der Waals surface area contributed by atoms with Gasteiger partial charge in [-0.05, 0) is 62.7 Å². The molecule has 0 bridgehead atoms. The number of hydrogen-bond donors (Lipinski definition) is 0. The number of carbonyl (C=O) groups is 2. The molecule has 30 heavy (non-hydrogen) atoms. The van der Waals surface area contributed by atoms with Gasteiger partial charge in [-0.25, -0.2) is 0 Å². The predicted molar refractivity (Wildman–Crippen MR) is 123 cm³/mol. The molecule has 0 saturated heterocycles. The van der Waals surface area contributed by atoms with Crippen LogP contribution in [0.4, 0.5) is 0 Å². The minimum absolute atomic E-state index is 0.0219. The lowest BCUT2D eigenvalue weighted by atomic mass is 10.1. The zero-order valence-corrected chi connectivity index (χ0v) is 19.2. The van der Waals surface area contributed by atoms with E-state index in [9.17, 15) is 9.59 Å². The topological polar surface area (TPSA) is 43.9 Å². The lowest BCUT2D eigenvalue weighted by Gasteiger charge is -2.25. The van der Waals surface area contributed by atoms with Gasteiger partial charge in [0.2, 0.25) is 0 Å². The monoisotopic (exact) mass is 409 g/mol. The Kier molecular flexibility index (Phi) is 8.60. The minimum Gasteiger partial charge on any atom is -0.345 e. The standard InChI is InChI=1S/C25H35N3O2/c1-7-27(19(3)4)17-20-11-15-23(16-12-20)25(30)28(8-2)18-21-9-13-22(14-10-21)24(29)26(5)6/h9-16,19H,7-8,17-18H2,1-6H3. The molecular weight excluding hydrogens is 374 g/mol. The van der Waals surface area contributed by atoms with E-state index in [-0.39, 0.29) is 11.8 Å². The molecule has 0 fully saturated rings. The largest absolute Gasteiger partial charge is 0.345 e. The third-order valence-corrected chi connectivity index (χ3v) is 5.37. The van der Waals surface area contributed by atoms with Gasteiger partial charge in [-0.2, -0.15) is 0 Å². The van der Waals surface area contributed by atoms with Crippen molar-refractivity contribution in [2.75, 3.05) is 27.2 Å². The van der Waals surface area contributed by atoms with Crippen molar-refractivity contribution in [2.45, 2.75) is 46.8 Å². The number of rotatable bonds is 9. The Labute approximate surface area is 181 Å². The Hall–Kier alpha value is -2.66. The van der Waals surface area contributed by atoms with Gasteiger partial charge < -0.3 is 9.80 Å². The maximum atomic E-state index is 13.0. The Morgan fingerprint density at radius 1 is 0.733 bits per heavy atom. The molecule has 0 N–H and O–H groups in total. The van der Waals surface area contributed by atoms with Crippen LogP contribution in [-0.4, -0.2) is 59.7 Å². The van der Waals surface area contributed by atoms with E-state index in [1.54, 1.807) is 19.0 Å². The third-order valence-electron chi connectivity index (χ3n) is 5.37. The Bertz CT molecular complexity index is 826. The zero-order valence-electron chi connectivity index (χ0n) is 19.2. The molecule has 162 valence electrons. The number of benzene rings is 2. The van der Waals surface area contributed by atoms with Crippen LogP contribution < -0.4 is 0 Å². The van der Waals surface area contributed by atoms with E-state index in [2.05, 4.69) is 25.7 Å². The second-order valence-electron chi connectivity index (χ2n) is 8.07. The summed E-state index contributed by atoms with van der Waals surface area (Å²) in [5, 5.41) is 0. The molecule has 2 rings (SSSR count). The summed E-state index contributed by atoms with van der Waals surface area (Å²) < 4.78 is 0. The van der Waals surface area contributed by atoms with Gasteiger partial charge in [-0.1, -0.05) is 31.2 Å². The molecular formula is C25H35N3O2. The highest BCUT2D eigenvalue weighted by Gasteiger charge is 2.16. The molecule has 0 unspecified atom stereocenters. The third kappa shape index (κ3) is 6.17. The highest BCUT2D eigenvalue weighted by atomic mass is 16.2. The van der Waals surface area contributed by atoms with Gasteiger partial charge in [0, 0.05) is 50.9 Å². The molecule has 0 heterocycles. The maximum absolute atomic E-state index is 13.0. The van der Waals surface area contributed by atoms with Crippen LogP contribution in [0.15, 0.2) is 48.5 Å². The number of hydrogen-bond acceptors (Lipinski definition) is 3. The predicted octanol–water partition coefficient (Wildman–Crippen LogP) is 4.28. The molecule has 0 saturated carbocycles. The quantitative estimate of drug-likeness (QED) is 0.621. The van der Waals surface area contributed by atoms with Crippen molar-refractivity contribution in [3.63, 3.8) is 0 Å². The average Bonchev–Trinajstić information content (AvgIpc) is 2.75. The van der Waals surface area contributed by atoms with Crippen LogP contribution in [-0.2, 0) is 13.1 Å². The molecule has 2 amide bonds. The summed E-state index contributed by atoms with van der Waals surface area (Å²) in [6.07, 6.45) is 0. The van der Waals surface area contributed by atoms with Gasteiger partial charge >= 0.3 is 0 Å². The van der Waals surface area contributed by atoms with Crippen molar-refractivity contribution in [3.8, 4) is 0 Å². The second kappa shape index (κ2) is 10.9. The van der Waals surface area contributed by atoms with Gasteiger partial charge in [0.25, 0.3) is 11.8 Å². The summed E-state index contributed by atoms with van der Waals surface area (Å²) in [6, 6.07) is 15.9. The molecule has 0 spiro atoms. The Morgan fingerprint density at radius 2 is 1.20 bits per heavy atom. The van der Waals surface area contributed by atoms with Crippen LogP contribution in [0.2, 0.25) is 0 Å². The molecule has 0 radical (unpaired) electrons. The maximum Gasteiger partial charge on any atom is 0.254 e. The van der Waals surface area contributed by atoms with E-state index >= 15 is 0 Å². The van der Waals surface area contributed by atoms with Crippen LogP contribution >= 0.6 is 0 Å². The van der Waals surface area contributed by atoms with E-state index in [0.717, 1.165) is 18.7 Å². The highest BCUT2D eigenvalue weighted by Crippen LogP contribution is 2.14. The Balaban J connectivity index is 2.06. The van der Waals surface area contributed by atoms with E-state index < -0.39 is 0 Å². The van der Waals surface area contributed by atoms with E-state index in [0.29, 0.717) is 30.3 Å². The molecule has 0 atom stereocenters. The average molecular weight is 410 g/mol. The molecule has 0 aliphatic rings. The first-order valence-corrected chi connectivity index (χ1v) is 10.7. The zero-order chi connectivity index (χ0) is 22.3. The molecule has 5 nitrogen and oxygen atoms in total. The minimum atomic E-state index is -0.0239. The number of amides is 2. The van der Waals surface area contributed by atoms with Crippen molar-refractivity contribution < 1.29 is 9.59 Å². The van der Waals surface area contributed by atoms with E-state index in [1.807, 2.05) is 60.4 Å². The highest BCUT2D eigenvalue weighted by molar-refractivity contribution is 5.94. The fourth-order valence-corrected chi connectivity index (χ4v) is 3.39. The fraction of sp³-hybridized carbons (Fsp3) is 0.440. The smallest absolute Gasteiger partial charge is 0.254 e. The van der Waals surface area contributed by atoms with Gasteiger partial charge in [0.15, 0.2) is 0 Å². The van der Waals surface area contributed by atoms with Gasteiger partial charge in [0.05, 0.1) is 0 Å². The second-order valence-corrected chi connectivity index (χ2v) is 8.07. The summed E-state index contributed by atoms with van der Waals surface area (Å²) in [5.74, 6) is -0.00197. The van der Waals surface area contributed by atoms with Gasteiger partial charge in [0.1, 0.15) is 0 Å². The van der Waals surface area contributed by atoms with Crippen LogP contribution in [0.1, 0.15) is 59.5 Å². The number of nitrogens with zero attached hydrogens (tertiary/aromatic N) is 3. The summed E-state index contributed by atoms with van der Waals surface area (Å²) in [6.45, 7) is 11.6. The fourth-order valence-electron chi connectivity index (χ4n) is 3.39. The summed E-state index contributed by atoms with van der Waals surface area (Å²) in [5.41, 5.74) is 3.57. The van der Waals surface area contributed by atoms with Crippen molar-refractivity contribution >= 4 is 11.8 Å². The van der Waals surface area contributed by atoms with Crippen molar-refractivity contribution in [3.05, 3.63) is 70.8 Å². The van der Waals surface area contributed by atoms with E-state index in [1.165, 1.54) is 5.56 Å². The summed E-state index contributed by atoms with van der Waals surface area (Å²) in [4.78, 5) is 30.8. The SMILES string of the molecule is CCN(Cc1ccc(C(=O)N(C)C)cc1)C(=O)c1ccc(CN(CC)C(C)C)cc1. The summed E-state index contributed by atoms with van der Waals surface area (Å²) >= 11 is 0. The van der Waals surface area contributed by atoms with Crippen molar-refractivity contribution in [2.24, 2.45) is 0 Å². The first kappa shape index (κ1) is 23.6. The first-order chi connectivity index (χ1) is 14.3. The van der Waals surface area contributed by atoms with Crippen LogP contribution in [0.25, 0.3) is 0 Å². The molecule has 0 aliphatic carbocycles. The lowest BCUT2D eigenvalue weighted by molar-refractivity contribution is 0.0751. The van der Waals surface area contributed by atoms with Crippen LogP contribution in [0.3, 0.4) is 0 Å².